The molecule has 3 aliphatic rings. The Morgan fingerprint density at radius 2 is 1.55 bits per heavy atom. The van der Waals surface area contributed by atoms with Gasteiger partial charge >= 0.3 is 0 Å². The van der Waals surface area contributed by atoms with E-state index in [4.69, 9.17) is 4.74 Å². The van der Waals surface area contributed by atoms with E-state index in [2.05, 4.69) is 5.32 Å². The fraction of sp³-hybridized carbons (Fsp3) is 0.188. The molecule has 7 rings (SSSR count). The number of likely N-dealkylation sites (tertiary alicyclic amines) is 1. The number of carbonyl (C=O) groups excluding carboxylic acids is 2. The van der Waals surface area contributed by atoms with Crippen LogP contribution in [0.15, 0.2) is 103 Å². The molecule has 4 atom stereocenters. The first-order valence-electron chi connectivity index (χ1n) is 13.1. The summed E-state index contributed by atoms with van der Waals surface area (Å²) in [7, 11) is 1.87. The van der Waals surface area contributed by atoms with E-state index in [-0.39, 0.29) is 17.4 Å². The largest absolute Gasteiger partial charge is 0.484 e. The number of non-ortho nitro benzene ring substituents is 1. The van der Waals surface area contributed by atoms with Crippen LogP contribution in [0, 0.1) is 15.5 Å². The number of likely N-dealkylation sites (N-methyl/N-ethyl adjacent to an activating group) is 1. The van der Waals surface area contributed by atoms with Gasteiger partial charge in [0.25, 0.3) is 11.6 Å². The van der Waals surface area contributed by atoms with Gasteiger partial charge in [-0.05, 0) is 36.4 Å². The lowest BCUT2D eigenvalue weighted by Crippen LogP contribution is -2.63. The molecule has 1 N–H and O–H groups in total. The molecule has 1 fully saturated rings. The Balaban J connectivity index is 1.60. The summed E-state index contributed by atoms with van der Waals surface area (Å²) in [5.41, 5.74) is 0.358. The number of rotatable bonds is 3. The maximum Gasteiger partial charge on any atom is 0.269 e. The fourth-order valence-corrected chi connectivity index (χ4v) is 7.32. The Labute approximate surface area is 230 Å². The second kappa shape index (κ2) is 8.59. The summed E-state index contributed by atoms with van der Waals surface area (Å²) in [4.78, 5) is 42.7. The number of benzene rings is 4. The minimum Gasteiger partial charge on any atom is -0.484 e. The van der Waals surface area contributed by atoms with E-state index < -0.39 is 27.9 Å². The molecule has 2 spiro atoms. The van der Waals surface area contributed by atoms with Crippen LogP contribution in [0.4, 0.5) is 11.4 Å². The molecule has 1 saturated heterocycles. The van der Waals surface area contributed by atoms with Gasteiger partial charge in [-0.15, -0.1) is 0 Å². The number of nitrogens with zero attached hydrogens (tertiary/aromatic N) is 2. The highest BCUT2D eigenvalue weighted by Crippen LogP contribution is 2.69. The van der Waals surface area contributed by atoms with Gasteiger partial charge in [-0.2, -0.15) is 0 Å². The van der Waals surface area contributed by atoms with E-state index in [1.807, 2.05) is 72.6 Å². The summed E-state index contributed by atoms with van der Waals surface area (Å²) in [6, 6.07) is 30.5. The molecule has 8 heteroatoms. The first-order chi connectivity index (χ1) is 19.4. The van der Waals surface area contributed by atoms with Gasteiger partial charge in [0.15, 0.2) is 5.78 Å². The van der Waals surface area contributed by atoms with E-state index >= 15 is 4.79 Å². The number of para-hydroxylation sites is 2. The van der Waals surface area contributed by atoms with E-state index in [1.54, 1.807) is 30.3 Å². The van der Waals surface area contributed by atoms with Crippen molar-refractivity contribution in [2.75, 3.05) is 18.9 Å². The lowest BCUT2D eigenvalue weighted by atomic mass is 9.53. The summed E-state index contributed by atoms with van der Waals surface area (Å²) >= 11 is 0. The number of fused-ring (bicyclic) bond motifs is 4. The van der Waals surface area contributed by atoms with Crippen molar-refractivity contribution in [3.8, 4) is 5.75 Å². The lowest BCUT2D eigenvalue weighted by Gasteiger charge is -2.52. The minimum atomic E-state index is -1.45. The van der Waals surface area contributed by atoms with Crippen molar-refractivity contribution < 1.29 is 19.2 Å². The maximum absolute atomic E-state index is 15.3. The predicted octanol–water partition coefficient (Wildman–Crippen LogP) is 5.47. The zero-order valence-electron chi connectivity index (χ0n) is 21.6. The summed E-state index contributed by atoms with van der Waals surface area (Å²) in [5.74, 6) is -0.562. The topological polar surface area (TPSA) is 102 Å². The van der Waals surface area contributed by atoms with Crippen LogP contribution in [0.1, 0.15) is 39.1 Å². The van der Waals surface area contributed by atoms with Crippen LogP contribution >= 0.6 is 0 Å². The number of nitro benzene ring substituents is 1. The second-order valence-electron chi connectivity index (χ2n) is 10.6. The third-order valence-electron chi connectivity index (χ3n) is 8.85. The van der Waals surface area contributed by atoms with Crippen molar-refractivity contribution in [2.45, 2.75) is 17.6 Å². The van der Waals surface area contributed by atoms with Crippen molar-refractivity contribution in [3.05, 3.63) is 135 Å². The number of amides is 1. The Bertz CT molecular complexity index is 1690. The number of ketones is 1. The molecule has 0 saturated carbocycles. The molecule has 8 nitrogen and oxygen atoms in total. The molecule has 0 radical (unpaired) electrons. The van der Waals surface area contributed by atoms with Crippen molar-refractivity contribution >= 4 is 23.1 Å². The Morgan fingerprint density at radius 3 is 2.30 bits per heavy atom. The van der Waals surface area contributed by atoms with E-state index in [1.165, 1.54) is 12.1 Å². The van der Waals surface area contributed by atoms with Crippen molar-refractivity contribution in [1.82, 2.24) is 4.90 Å². The molecular weight excluding hydrogens is 506 g/mol. The van der Waals surface area contributed by atoms with E-state index in [0.29, 0.717) is 29.1 Å². The van der Waals surface area contributed by atoms with Gasteiger partial charge in [0.05, 0.1) is 10.5 Å². The third-order valence-corrected chi connectivity index (χ3v) is 8.85. The van der Waals surface area contributed by atoms with E-state index in [0.717, 1.165) is 11.1 Å². The summed E-state index contributed by atoms with van der Waals surface area (Å²) < 4.78 is 6.80. The van der Waals surface area contributed by atoms with Crippen LogP contribution in [0.2, 0.25) is 0 Å². The molecule has 3 aliphatic heterocycles. The number of carbonyl (C=O) groups is 2. The maximum atomic E-state index is 15.3. The highest BCUT2D eigenvalue weighted by molar-refractivity contribution is 6.15. The van der Waals surface area contributed by atoms with Gasteiger partial charge in [0, 0.05) is 35.8 Å². The first kappa shape index (κ1) is 24.2. The molecule has 198 valence electrons. The predicted molar refractivity (Wildman–Crippen MR) is 148 cm³/mol. The van der Waals surface area contributed by atoms with Gasteiger partial charge in [-0.25, -0.2) is 0 Å². The molecule has 4 aromatic carbocycles. The fourth-order valence-electron chi connectivity index (χ4n) is 7.32. The quantitative estimate of drug-likeness (QED) is 0.278. The van der Waals surface area contributed by atoms with Gasteiger partial charge in [0.1, 0.15) is 22.8 Å². The zero-order valence-corrected chi connectivity index (χ0v) is 21.6. The molecule has 0 aromatic heterocycles. The summed E-state index contributed by atoms with van der Waals surface area (Å²) in [6.07, 6.45) is -0.835. The second-order valence-corrected chi connectivity index (χ2v) is 10.6. The Kier molecular flexibility index (Phi) is 5.21. The van der Waals surface area contributed by atoms with E-state index in [9.17, 15) is 14.9 Å². The molecule has 0 bridgehead atoms. The normalized spacial score (nSPS) is 26.8. The number of hydrogen-bond donors (Lipinski definition) is 1. The molecular formula is C32H25N3O5. The SMILES string of the molecule is CN1C[C@@H](c2ccc([N+](=O)[O-])cc2)[C@@]2(C(=O)c3ccccc3OC2c2ccccc2)[C@@]12C(=O)Nc1ccccc12. The highest BCUT2D eigenvalue weighted by atomic mass is 16.6. The minimum absolute atomic E-state index is 0.0426. The van der Waals surface area contributed by atoms with Crippen LogP contribution in [-0.2, 0) is 10.3 Å². The Morgan fingerprint density at radius 1 is 0.875 bits per heavy atom. The summed E-state index contributed by atoms with van der Waals surface area (Å²) in [6.45, 7) is 0.347. The molecule has 3 heterocycles. The number of nitrogens with one attached hydrogen (secondary N) is 1. The molecule has 1 unspecified atom stereocenters. The lowest BCUT2D eigenvalue weighted by molar-refractivity contribution is -0.384. The van der Waals surface area contributed by atoms with Gasteiger partial charge in [0.2, 0.25) is 0 Å². The molecule has 1 amide bonds. The number of nitro groups is 1. The zero-order chi connectivity index (χ0) is 27.6. The smallest absolute Gasteiger partial charge is 0.269 e. The van der Waals surface area contributed by atoms with Crippen LogP contribution in [0.25, 0.3) is 0 Å². The van der Waals surface area contributed by atoms with Gasteiger partial charge < -0.3 is 10.1 Å². The van der Waals surface area contributed by atoms with Crippen molar-refractivity contribution in [3.63, 3.8) is 0 Å². The standard InChI is InChI=1S/C32H25N3O5/c1-34-19-25(20-15-17-22(18-16-20)35(38)39)31(32(34)24-12-6-7-13-26(24)33-30(32)37)28(36)23-11-5-8-14-27(23)40-29(31)21-9-3-2-4-10-21/h2-18,25,29H,19H2,1H3,(H,33,37)/t25-,29?,31-,32+/m0/s1. The summed E-state index contributed by atoms with van der Waals surface area (Å²) in [5, 5.41) is 14.5. The number of anilines is 1. The van der Waals surface area contributed by atoms with Crippen LogP contribution in [-0.4, -0.2) is 35.1 Å². The molecule has 0 aliphatic carbocycles. The number of ether oxygens (including phenoxy) is 1. The van der Waals surface area contributed by atoms with Gasteiger partial charge in [-0.3, -0.25) is 24.6 Å². The van der Waals surface area contributed by atoms with Crippen LogP contribution < -0.4 is 10.1 Å². The van der Waals surface area contributed by atoms with Crippen LogP contribution in [0.5, 0.6) is 5.75 Å². The van der Waals surface area contributed by atoms with Crippen molar-refractivity contribution in [2.24, 2.45) is 5.41 Å². The molecule has 40 heavy (non-hydrogen) atoms. The number of hydrogen-bond acceptors (Lipinski definition) is 6. The van der Waals surface area contributed by atoms with Crippen LogP contribution in [0.3, 0.4) is 0 Å². The molecule has 4 aromatic rings. The average molecular weight is 532 g/mol. The van der Waals surface area contributed by atoms with Crippen molar-refractivity contribution in [1.29, 1.82) is 0 Å². The average Bonchev–Trinajstić information content (AvgIpc) is 3.44. The monoisotopic (exact) mass is 531 g/mol. The number of Topliss-reactive ketones (excluding diaryl/α,β-unsaturated/α-hetero) is 1. The first-order valence-corrected chi connectivity index (χ1v) is 13.1. The highest BCUT2D eigenvalue weighted by Gasteiger charge is 2.78. The third kappa shape index (κ3) is 2.94. The van der Waals surface area contributed by atoms with Gasteiger partial charge in [-0.1, -0.05) is 72.8 Å². The Hall–Kier alpha value is -4.82.